The lowest BCUT2D eigenvalue weighted by Gasteiger charge is -2.14. The van der Waals surface area contributed by atoms with Crippen LogP contribution in [0.5, 0.6) is 0 Å². The molecule has 0 atom stereocenters. The number of aromatic nitrogens is 4. The SMILES string of the molecule is [CH2+]Cc1nnc(SCc2csc(NC(=O)Nc3ccc(C)cc3C(=O)C3CCCC3)n2)n1C1CC1. The molecule has 2 amide bonds. The summed E-state index contributed by atoms with van der Waals surface area (Å²) in [6, 6.07) is 5.66. The number of aryl methyl sites for hydroxylation is 1. The average molecular weight is 510 g/mol. The molecule has 0 saturated heterocycles. The van der Waals surface area contributed by atoms with Crippen LogP contribution in [0.15, 0.2) is 28.7 Å². The first kappa shape index (κ1) is 23.9. The predicted molar refractivity (Wildman–Crippen MR) is 139 cm³/mol. The first-order valence-corrected chi connectivity index (χ1v) is 13.9. The van der Waals surface area contributed by atoms with Crippen molar-refractivity contribution in [3.8, 4) is 0 Å². The first-order valence-electron chi connectivity index (χ1n) is 12.0. The van der Waals surface area contributed by atoms with Crippen molar-refractivity contribution < 1.29 is 9.59 Å². The van der Waals surface area contributed by atoms with Crippen LogP contribution < -0.4 is 10.6 Å². The Kier molecular flexibility index (Phi) is 7.10. The summed E-state index contributed by atoms with van der Waals surface area (Å²) >= 11 is 2.97. The second kappa shape index (κ2) is 10.4. The van der Waals surface area contributed by atoms with Crippen LogP contribution in [-0.2, 0) is 12.2 Å². The molecular formula is C25H29N6O2S2+. The van der Waals surface area contributed by atoms with Gasteiger partial charge in [-0.05, 0) is 44.7 Å². The molecule has 0 aliphatic heterocycles. The van der Waals surface area contributed by atoms with Crippen molar-refractivity contribution in [1.82, 2.24) is 19.7 Å². The van der Waals surface area contributed by atoms with Crippen LogP contribution in [0.2, 0.25) is 0 Å². The predicted octanol–water partition coefficient (Wildman–Crippen LogP) is 6.06. The highest BCUT2D eigenvalue weighted by atomic mass is 32.2. The normalized spacial score (nSPS) is 15.9. The number of thioether (sulfide) groups is 1. The molecule has 2 N–H and O–H groups in total. The van der Waals surface area contributed by atoms with E-state index in [1.54, 1.807) is 17.8 Å². The monoisotopic (exact) mass is 509 g/mol. The summed E-state index contributed by atoms with van der Waals surface area (Å²) in [6.07, 6.45) is 6.97. The Hall–Kier alpha value is -2.85. The van der Waals surface area contributed by atoms with E-state index in [2.05, 4.69) is 37.3 Å². The average Bonchev–Trinajstić information content (AvgIpc) is 3.24. The van der Waals surface area contributed by atoms with Crippen molar-refractivity contribution >= 4 is 45.7 Å². The van der Waals surface area contributed by atoms with E-state index in [-0.39, 0.29) is 11.7 Å². The van der Waals surface area contributed by atoms with Gasteiger partial charge in [0.05, 0.1) is 18.3 Å². The smallest absolute Gasteiger partial charge is 0.307 e. The van der Waals surface area contributed by atoms with E-state index in [0.717, 1.165) is 60.8 Å². The highest BCUT2D eigenvalue weighted by Crippen LogP contribution is 2.39. The Bertz CT molecular complexity index is 1230. The quantitative estimate of drug-likeness (QED) is 0.206. The van der Waals surface area contributed by atoms with Gasteiger partial charge in [-0.25, -0.2) is 9.78 Å². The lowest BCUT2D eigenvalue weighted by molar-refractivity contribution is 0.0923. The summed E-state index contributed by atoms with van der Waals surface area (Å²) in [5.74, 6) is 1.74. The summed E-state index contributed by atoms with van der Waals surface area (Å²) in [4.78, 5) is 30.3. The third-order valence-corrected chi connectivity index (χ3v) is 8.19. The Labute approximate surface area is 213 Å². The number of amides is 2. The van der Waals surface area contributed by atoms with Crippen LogP contribution in [0.1, 0.15) is 72.0 Å². The number of carbonyl (C=O) groups excluding carboxylic acids is 2. The van der Waals surface area contributed by atoms with Crippen LogP contribution >= 0.6 is 23.1 Å². The molecular weight excluding hydrogens is 480 g/mol. The summed E-state index contributed by atoms with van der Waals surface area (Å²) in [7, 11) is 0. The highest BCUT2D eigenvalue weighted by molar-refractivity contribution is 7.98. The molecule has 2 fully saturated rings. The largest absolute Gasteiger partial charge is 0.325 e. The van der Waals surface area contributed by atoms with E-state index < -0.39 is 6.03 Å². The number of thiazole rings is 1. The molecule has 2 aliphatic rings. The number of urea groups is 1. The second-order valence-electron chi connectivity index (χ2n) is 9.16. The summed E-state index contributed by atoms with van der Waals surface area (Å²) in [5, 5.41) is 17.6. The number of carbonyl (C=O) groups is 2. The van der Waals surface area contributed by atoms with Crippen LogP contribution in [0.25, 0.3) is 0 Å². The molecule has 2 aliphatic carbocycles. The zero-order valence-corrected chi connectivity index (χ0v) is 21.4. The van der Waals surface area contributed by atoms with Crippen molar-refractivity contribution in [2.75, 3.05) is 10.6 Å². The zero-order valence-electron chi connectivity index (χ0n) is 19.7. The van der Waals surface area contributed by atoms with Gasteiger partial charge in [-0.15, -0.1) is 21.5 Å². The molecule has 0 radical (unpaired) electrons. The molecule has 182 valence electrons. The maximum atomic E-state index is 13.0. The Morgan fingerprint density at radius 2 is 1.97 bits per heavy atom. The Morgan fingerprint density at radius 3 is 2.71 bits per heavy atom. The van der Waals surface area contributed by atoms with Crippen LogP contribution in [0, 0.1) is 19.8 Å². The van der Waals surface area contributed by atoms with Gasteiger partial charge in [0, 0.05) is 28.7 Å². The number of rotatable bonds is 9. The van der Waals surface area contributed by atoms with Gasteiger partial charge < -0.3 is 5.32 Å². The molecule has 1 aromatic carbocycles. The zero-order chi connectivity index (χ0) is 24.4. The first-order chi connectivity index (χ1) is 17.0. The van der Waals surface area contributed by atoms with Gasteiger partial charge >= 0.3 is 6.03 Å². The molecule has 0 spiro atoms. The molecule has 2 saturated carbocycles. The standard InChI is InChI=1S/C25H28N6O2S2/c1-3-21-29-30-25(31(21)18-9-10-18)35-14-17-13-34-24(26-17)28-23(33)27-20-11-8-15(2)12-19(20)22(32)16-6-4-5-7-16/h8,11-13,16,18H,1,3-7,9-10,14H2,2H3,(H-,26,27,28,32,33)/p+1. The van der Waals surface area contributed by atoms with E-state index in [1.807, 2.05) is 24.4 Å². The molecule has 2 heterocycles. The van der Waals surface area contributed by atoms with Gasteiger partial charge in [-0.1, -0.05) is 36.2 Å². The fourth-order valence-corrected chi connectivity index (χ4v) is 6.20. The van der Waals surface area contributed by atoms with E-state index in [0.29, 0.717) is 34.6 Å². The number of Topliss-reactive ketones (excluding diaryl/α,β-unsaturated/α-hetero) is 1. The Balaban J connectivity index is 1.20. The van der Waals surface area contributed by atoms with Crippen LogP contribution in [-0.4, -0.2) is 31.6 Å². The number of nitrogens with one attached hydrogen (secondary N) is 2. The van der Waals surface area contributed by atoms with Gasteiger partial charge in [0.1, 0.15) is 6.42 Å². The van der Waals surface area contributed by atoms with Crippen LogP contribution in [0.3, 0.4) is 0 Å². The van der Waals surface area contributed by atoms with Gasteiger partial charge in [0.15, 0.2) is 21.9 Å². The number of hydrogen-bond acceptors (Lipinski definition) is 7. The van der Waals surface area contributed by atoms with Crippen molar-refractivity contribution in [2.24, 2.45) is 5.92 Å². The fraction of sp³-hybridized carbons (Fsp3) is 0.440. The maximum absolute atomic E-state index is 13.0. The molecule has 10 heteroatoms. The van der Waals surface area contributed by atoms with Crippen molar-refractivity contribution in [1.29, 1.82) is 0 Å². The fourth-order valence-electron chi connectivity index (χ4n) is 4.47. The number of nitrogens with zero attached hydrogens (tertiary/aromatic N) is 4. The van der Waals surface area contributed by atoms with Crippen molar-refractivity contribution in [3.63, 3.8) is 0 Å². The molecule has 0 bridgehead atoms. The van der Waals surface area contributed by atoms with Gasteiger partial charge in [0.25, 0.3) is 0 Å². The molecule has 3 aromatic rings. The topological polar surface area (TPSA) is 102 Å². The second-order valence-corrected chi connectivity index (χ2v) is 11.0. The summed E-state index contributed by atoms with van der Waals surface area (Å²) < 4.78 is 2.20. The molecule has 5 rings (SSSR count). The minimum atomic E-state index is -0.406. The number of anilines is 2. The van der Waals surface area contributed by atoms with Gasteiger partial charge in [-0.2, -0.15) is 0 Å². The molecule has 2 aromatic heterocycles. The third kappa shape index (κ3) is 5.54. The number of benzene rings is 1. The minimum Gasteiger partial charge on any atom is -0.307 e. The highest BCUT2D eigenvalue weighted by Gasteiger charge is 2.30. The summed E-state index contributed by atoms with van der Waals surface area (Å²) in [5.41, 5.74) is 2.99. The van der Waals surface area contributed by atoms with E-state index >= 15 is 0 Å². The third-order valence-electron chi connectivity index (χ3n) is 6.41. The van der Waals surface area contributed by atoms with Gasteiger partial charge in [-0.3, -0.25) is 14.7 Å². The minimum absolute atomic E-state index is 0.0508. The van der Waals surface area contributed by atoms with Crippen molar-refractivity contribution in [3.05, 3.63) is 53.1 Å². The van der Waals surface area contributed by atoms with Gasteiger partial charge in [0.2, 0.25) is 0 Å². The molecule has 35 heavy (non-hydrogen) atoms. The van der Waals surface area contributed by atoms with E-state index in [1.165, 1.54) is 11.3 Å². The number of ketones is 1. The van der Waals surface area contributed by atoms with E-state index in [9.17, 15) is 9.59 Å². The molecule has 0 unspecified atom stereocenters. The lowest BCUT2D eigenvalue weighted by Crippen LogP contribution is -2.22. The Morgan fingerprint density at radius 1 is 1.17 bits per heavy atom. The maximum Gasteiger partial charge on any atom is 0.325 e. The summed E-state index contributed by atoms with van der Waals surface area (Å²) in [6.45, 7) is 5.91. The lowest BCUT2D eigenvalue weighted by atomic mass is 9.94. The molecule has 8 nitrogen and oxygen atoms in total. The number of hydrogen-bond donors (Lipinski definition) is 2. The van der Waals surface area contributed by atoms with Crippen molar-refractivity contribution in [2.45, 2.75) is 68.8 Å². The van der Waals surface area contributed by atoms with E-state index in [4.69, 9.17) is 0 Å². The van der Waals surface area contributed by atoms with Crippen LogP contribution in [0.4, 0.5) is 15.6 Å².